The van der Waals surface area contributed by atoms with Crippen molar-refractivity contribution in [1.82, 2.24) is 9.47 Å². The number of aryl methyl sites for hydroxylation is 1. The largest absolute Gasteiger partial charge is 0.367 e. The van der Waals surface area contributed by atoms with E-state index in [1.54, 1.807) is 23.2 Å². The Morgan fingerprint density at radius 1 is 1.27 bits per heavy atom. The van der Waals surface area contributed by atoms with Crippen molar-refractivity contribution in [2.75, 3.05) is 19.7 Å². The van der Waals surface area contributed by atoms with Crippen LogP contribution in [-0.4, -0.2) is 46.5 Å². The maximum absolute atomic E-state index is 12.3. The van der Waals surface area contributed by atoms with Crippen LogP contribution in [0.4, 0.5) is 0 Å². The summed E-state index contributed by atoms with van der Waals surface area (Å²) in [6.07, 6.45) is 4.16. The number of carbonyl (C=O) groups excluding carboxylic acids is 2. The molecule has 1 aromatic rings. The maximum atomic E-state index is 12.3. The first kappa shape index (κ1) is 15.0. The zero-order valence-electron chi connectivity index (χ0n) is 12.5. The van der Waals surface area contributed by atoms with Crippen molar-refractivity contribution in [3.05, 3.63) is 34.7 Å². The van der Waals surface area contributed by atoms with E-state index >= 15 is 0 Å². The third-order valence-electron chi connectivity index (χ3n) is 4.55. The van der Waals surface area contributed by atoms with Gasteiger partial charge in [0.05, 0.1) is 6.54 Å². The Bertz CT molecular complexity index is 631. The van der Waals surface area contributed by atoms with Crippen molar-refractivity contribution in [2.24, 2.45) is 0 Å². The molecule has 2 aliphatic heterocycles. The average Bonchev–Trinajstić information content (AvgIpc) is 2.99. The summed E-state index contributed by atoms with van der Waals surface area (Å²) in [6, 6.07) is 4.90. The summed E-state index contributed by atoms with van der Waals surface area (Å²) in [5, 5.41) is 0. The maximum Gasteiger partial charge on any atom is 0.250 e. The quantitative estimate of drug-likeness (QED) is 0.819. The van der Waals surface area contributed by atoms with Crippen LogP contribution in [0.5, 0.6) is 0 Å². The lowest BCUT2D eigenvalue weighted by Gasteiger charge is -2.37. The van der Waals surface area contributed by atoms with Crippen LogP contribution in [0.2, 0.25) is 0 Å². The number of hydrogen-bond donors (Lipinski definition) is 0. The Kier molecular flexibility index (Phi) is 4.11. The van der Waals surface area contributed by atoms with E-state index in [9.17, 15) is 14.4 Å². The second-order valence-electron chi connectivity index (χ2n) is 5.92. The molecule has 118 valence electrons. The molecular weight excluding hydrogens is 284 g/mol. The van der Waals surface area contributed by atoms with Gasteiger partial charge in [-0.2, -0.15) is 0 Å². The van der Waals surface area contributed by atoms with Gasteiger partial charge in [0.25, 0.3) is 5.56 Å². The van der Waals surface area contributed by atoms with Crippen molar-refractivity contribution in [2.45, 2.75) is 37.8 Å². The zero-order chi connectivity index (χ0) is 15.6. The van der Waals surface area contributed by atoms with Gasteiger partial charge in [0.15, 0.2) is 5.78 Å². The highest BCUT2D eigenvalue weighted by molar-refractivity contribution is 5.93. The highest BCUT2D eigenvalue weighted by Crippen LogP contribution is 2.33. The number of ketones is 1. The third kappa shape index (κ3) is 2.83. The van der Waals surface area contributed by atoms with E-state index in [0.29, 0.717) is 26.1 Å². The standard InChI is InChI=1S/C16H20N2O4/c19-13-12-18(10-7-16(13)6-3-11-22-16)15(21)5-9-17-8-2-1-4-14(17)20/h1-2,4,8H,3,5-7,9-12H2/t16-/m0/s1. The summed E-state index contributed by atoms with van der Waals surface area (Å²) in [4.78, 5) is 37.7. The average molecular weight is 304 g/mol. The summed E-state index contributed by atoms with van der Waals surface area (Å²) < 4.78 is 7.14. The molecule has 0 unspecified atom stereocenters. The number of aromatic nitrogens is 1. The number of ether oxygens (including phenoxy) is 1. The van der Waals surface area contributed by atoms with Crippen molar-refractivity contribution in [3.8, 4) is 0 Å². The molecule has 2 aliphatic rings. The predicted molar refractivity (Wildman–Crippen MR) is 79.4 cm³/mol. The number of amides is 1. The normalized spacial score (nSPS) is 24.9. The summed E-state index contributed by atoms with van der Waals surface area (Å²) in [5.74, 6) is -0.0709. The molecule has 0 saturated carbocycles. The molecule has 3 heterocycles. The number of rotatable bonds is 3. The lowest BCUT2D eigenvalue weighted by Crippen LogP contribution is -2.53. The molecule has 0 N–H and O–H groups in total. The molecule has 0 radical (unpaired) electrons. The molecular formula is C16H20N2O4. The van der Waals surface area contributed by atoms with Gasteiger partial charge in [-0.1, -0.05) is 6.07 Å². The van der Waals surface area contributed by atoms with E-state index < -0.39 is 5.60 Å². The third-order valence-corrected chi connectivity index (χ3v) is 4.55. The van der Waals surface area contributed by atoms with Crippen LogP contribution in [0, 0.1) is 0 Å². The Morgan fingerprint density at radius 3 is 2.82 bits per heavy atom. The van der Waals surface area contributed by atoms with E-state index in [-0.39, 0.29) is 30.2 Å². The number of nitrogens with zero attached hydrogens (tertiary/aromatic N) is 2. The minimum Gasteiger partial charge on any atom is -0.367 e. The predicted octanol–water partition coefficient (Wildman–Crippen LogP) is 0.589. The van der Waals surface area contributed by atoms with Gasteiger partial charge in [0.1, 0.15) is 5.60 Å². The van der Waals surface area contributed by atoms with Gasteiger partial charge in [0, 0.05) is 44.8 Å². The first-order valence-electron chi connectivity index (χ1n) is 7.71. The molecule has 3 rings (SSSR count). The van der Waals surface area contributed by atoms with E-state index in [1.807, 2.05) is 0 Å². The highest BCUT2D eigenvalue weighted by Gasteiger charge is 2.46. The first-order chi connectivity index (χ1) is 10.6. The molecule has 1 spiro atoms. The number of Topliss-reactive ketones (excluding diaryl/α,β-unsaturated/α-hetero) is 1. The van der Waals surface area contributed by atoms with Crippen molar-refractivity contribution in [3.63, 3.8) is 0 Å². The Hall–Kier alpha value is -1.95. The van der Waals surface area contributed by atoms with Crippen molar-refractivity contribution >= 4 is 11.7 Å². The van der Waals surface area contributed by atoms with E-state index in [4.69, 9.17) is 4.74 Å². The summed E-state index contributed by atoms with van der Waals surface area (Å²) in [5.41, 5.74) is -0.754. The molecule has 1 amide bonds. The van der Waals surface area contributed by atoms with Gasteiger partial charge < -0.3 is 14.2 Å². The molecule has 2 fully saturated rings. The minimum absolute atomic E-state index is 0.0153. The van der Waals surface area contributed by atoms with E-state index in [0.717, 1.165) is 12.8 Å². The molecule has 0 bridgehead atoms. The first-order valence-corrected chi connectivity index (χ1v) is 7.71. The molecule has 0 aliphatic carbocycles. The fourth-order valence-corrected chi connectivity index (χ4v) is 3.20. The molecule has 6 heteroatoms. The minimum atomic E-state index is -0.632. The van der Waals surface area contributed by atoms with Crippen molar-refractivity contribution < 1.29 is 14.3 Å². The summed E-state index contributed by atoms with van der Waals surface area (Å²) in [6.45, 7) is 1.65. The molecule has 2 saturated heterocycles. The zero-order valence-corrected chi connectivity index (χ0v) is 12.5. The molecule has 0 aromatic carbocycles. The number of likely N-dealkylation sites (tertiary alicyclic amines) is 1. The van der Waals surface area contributed by atoms with Gasteiger partial charge in [0.2, 0.25) is 5.91 Å². The second kappa shape index (κ2) is 6.04. The van der Waals surface area contributed by atoms with Crippen LogP contribution < -0.4 is 5.56 Å². The SMILES string of the molecule is O=C(CCn1ccccc1=O)N1CC[C@@]2(CCCO2)C(=O)C1. The van der Waals surface area contributed by atoms with Gasteiger partial charge in [-0.15, -0.1) is 0 Å². The smallest absolute Gasteiger partial charge is 0.250 e. The van der Waals surface area contributed by atoms with Gasteiger partial charge in [-0.25, -0.2) is 0 Å². The van der Waals surface area contributed by atoms with Crippen LogP contribution in [-0.2, 0) is 20.9 Å². The van der Waals surface area contributed by atoms with E-state index in [1.165, 1.54) is 10.6 Å². The Labute approximate surface area is 128 Å². The van der Waals surface area contributed by atoms with E-state index in [2.05, 4.69) is 0 Å². The fraction of sp³-hybridized carbons (Fsp3) is 0.562. The van der Waals surface area contributed by atoms with Crippen LogP contribution in [0.15, 0.2) is 29.2 Å². The summed E-state index contributed by atoms with van der Waals surface area (Å²) >= 11 is 0. The Morgan fingerprint density at radius 2 is 2.14 bits per heavy atom. The molecule has 1 atom stereocenters. The van der Waals surface area contributed by atoms with Gasteiger partial charge >= 0.3 is 0 Å². The number of carbonyl (C=O) groups is 2. The number of piperidine rings is 1. The van der Waals surface area contributed by atoms with Crippen LogP contribution in [0.25, 0.3) is 0 Å². The topological polar surface area (TPSA) is 68.6 Å². The number of hydrogen-bond acceptors (Lipinski definition) is 4. The van der Waals surface area contributed by atoms with Gasteiger partial charge in [-0.3, -0.25) is 14.4 Å². The van der Waals surface area contributed by atoms with Gasteiger partial charge in [-0.05, 0) is 18.9 Å². The monoisotopic (exact) mass is 304 g/mol. The van der Waals surface area contributed by atoms with Crippen LogP contribution >= 0.6 is 0 Å². The highest BCUT2D eigenvalue weighted by atomic mass is 16.5. The molecule has 6 nitrogen and oxygen atoms in total. The Balaban J connectivity index is 1.57. The van der Waals surface area contributed by atoms with Crippen LogP contribution in [0.1, 0.15) is 25.7 Å². The molecule has 1 aromatic heterocycles. The molecule has 22 heavy (non-hydrogen) atoms. The van der Waals surface area contributed by atoms with Crippen LogP contribution in [0.3, 0.4) is 0 Å². The summed E-state index contributed by atoms with van der Waals surface area (Å²) in [7, 11) is 0. The van der Waals surface area contributed by atoms with Crippen molar-refractivity contribution in [1.29, 1.82) is 0 Å². The second-order valence-corrected chi connectivity index (χ2v) is 5.92. The number of pyridine rings is 1. The lowest BCUT2D eigenvalue weighted by molar-refractivity contribution is -0.152. The fourth-order valence-electron chi connectivity index (χ4n) is 3.20. The lowest BCUT2D eigenvalue weighted by atomic mass is 9.87.